The molecule has 0 fully saturated rings. The van der Waals surface area contributed by atoms with Crippen molar-refractivity contribution < 1.29 is 0 Å². The third-order valence-electron chi connectivity index (χ3n) is 18.0. The first-order chi connectivity index (χ1) is 43.2. The summed E-state index contributed by atoms with van der Waals surface area (Å²) in [6, 6.07) is 115. The Morgan fingerprint density at radius 2 is 0.609 bits per heavy atom. The van der Waals surface area contributed by atoms with Crippen LogP contribution in [0.25, 0.3) is 27.5 Å². The van der Waals surface area contributed by atoms with Gasteiger partial charge in [-0.15, -0.1) is 0 Å². The zero-order valence-corrected chi connectivity index (χ0v) is 48.8. The largest absolute Gasteiger partial charge is 0.311 e. The Balaban J connectivity index is 0.969. The molecule has 0 unspecified atom stereocenters. The number of anilines is 12. The van der Waals surface area contributed by atoms with E-state index < -0.39 is 0 Å². The normalized spacial score (nSPS) is 13.1. The molecule has 4 aliphatic rings. The van der Waals surface area contributed by atoms with E-state index in [4.69, 9.17) is 0 Å². The van der Waals surface area contributed by atoms with Crippen molar-refractivity contribution in [2.24, 2.45) is 0 Å². The maximum absolute atomic E-state index is 2.67. The Labute approximate surface area is 515 Å². The van der Waals surface area contributed by atoms with Gasteiger partial charge in [-0.1, -0.05) is 223 Å². The highest BCUT2D eigenvalue weighted by atomic mass is 32.2. The van der Waals surface area contributed by atoms with Gasteiger partial charge in [0.15, 0.2) is 0 Å². The van der Waals surface area contributed by atoms with Crippen LogP contribution in [-0.2, 0) is 0 Å². The van der Waals surface area contributed by atoms with Crippen molar-refractivity contribution in [3.8, 4) is 5.69 Å². The van der Waals surface area contributed by atoms with Crippen LogP contribution in [0.15, 0.2) is 329 Å². The summed E-state index contributed by atoms with van der Waals surface area (Å²) in [6.07, 6.45) is 0. The van der Waals surface area contributed by atoms with E-state index in [1.165, 1.54) is 103 Å². The topological polar surface area (TPSA) is 17.9 Å². The van der Waals surface area contributed by atoms with E-state index in [0.29, 0.717) is 0 Å². The van der Waals surface area contributed by atoms with Crippen molar-refractivity contribution in [2.75, 3.05) is 19.6 Å². The molecule has 0 radical (unpaired) electrons. The monoisotopic (exact) mass is 1140 g/mol. The van der Waals surface area contributed by atoms with Crippen molar-refractivity contribution >= 4 is 160 Å². The first-order valence-corrected chi connectivity index (χ1v) is 31.4. The summed E-state index contributed by atoms with van der Waals surface area (Å²) in [6.45, 7) is -0.234. The molecule has 14 aromatic rings. The Kier molecular flexibility index (Phi) is 11.6. The van der Waals surface area contributed by atoms with Crippen molar-refractivity contribution in [3.63, 3.8) is 0 Å². The summed E-state index contributed by atoms with van der Waals surface area (Å²) in [5, 5.41) is 2.48. The van der Waals surface area contributed by atoms with Gasteiger partial charge in [-0.2, -0.15) is 0 Å². The van der Waals surface area contributed by atoms with E-state index in [1.807, 2.05) is 23.5 Å². The van der Waals surface area contributed by atoms with Crippen LogP contribution in [0.1, 0.15) is 0 Å². The SMILES string of the molecule is c1ccc(N(c2ccccc2)c2cc3c4c(c2)N(c2ccccc2)c2ccccc2B4c2cc4c(c(-n5c6ccccc6c6ccccc65)c2S3)Sc2cc(N(c3ccccc3)c3ccccc3)cc3c2B4c2ccccc2N3c2ccccc2)cc1. The maximum atomic E-state index is 2.67. The first-order valence-electron chi connectivity index (χ1n) is 29.8. The summed E-state index contributed by atoms with van der Waals surface area (Å²) >= 11 is 3.90. The van der Waals surface area contributed by atoms with Gasteiger partial charge < -0.3 is 24.2 Å². The zero-order valence-electron chi connectivity index (χ0n) is 47.2. The lowest BCUT2D eigenvalue weighted by Gasteiger charge is -2.44. The van der Waals surface area contributed by atoms with Crippen LogP contribution < -0.4 is 52.4 Å². The van der Waals surface area contributed by atoms with Crippen molar-refractivity contribution in [1.82, 2.24) is 4.57 Å². The molecule has 0 bridgehead atoms. The van der Waals surface area contributed by atoms with Gasteiger partial charge in [0.25, 0.3) is 0 Å². The Morgan fingerprint density at radius 3 is 1.00 bits per heavy atom. The lowest BCUT2D eigenvalue weighted by atomic mass is 9.31. The van der Waals surface area contributed by atoms with E-state index in [9.17, 15) is 0 Å². The lowest BCUT2D eigenvalue weighted by molar-refractivity contribution is 1.08. The Hall–Kier alpha value is -10.3. The van der Waals surface area contributed by atoms with E-state index in [1.54, 1.807) is 0 Å². The van der Waals surface area contributed by atoms with Crippen LogP contribution in [0.3, 0.4) is 0 Å². The highest BCUT2D eigenvalue weighted by Crippen LogP contribution is 2.53. The third kappa shape index (κ3) is 7.79. The summed E-state index contributed by atoms with van der Waals surface area (Å²) in [5.74, 6) is 0. The zero-order chi connectivity index (χ0) is 57.1. The van der Waals surface area contributed by atoms with E-state index in [-0.39, 0.29) is 13.4 Å². The van der Waals surface area contributed by atoms with Gasteiger partial charge in [-0.25, -0.2) is 0 Å². The smallest absolute Gasteiger partial charge is 0.249 e. The molecule has 5 nitrogen and oxygen atoms in total. The van der Waals surface area contributed by atoms with Gasteiger partial charge in [0, 0.05) is 98.6 Å². The predicted molar refractivity (Wildman–Crippen MR) is 370 cm³/mol. The fourth-order valence-electron chi connectivity index (χ4n) is 14.5. The first kappa shape index (κ1) is 50.1. The Morgan fingerprint density at radius 1 is 0.276 bits per heavy atom. The summed E-state index contributed by atoms with van der Waals surface area (Å²) in [7, 11) is 0. The standard InChI is InChI=1S/C78H51B2N5S2/c1-7-27-52(28-8-1)81(53-29-9-2-10-30-53)58-47-70-74-72(49-58)86-77-64(79(74)62-41-21-25-45-68(62)83(70)56-35-15-5-16-36-56)51-65-78(76(77)85-66-43-23-19-39-60(66)61-40-20-24-44-67(61)85)87-73-50-59(82(54-31-11-3-12-32-54)55-33-13-4-14-34-55)48-71-75(73)80(65)63-42-22-26-46-69(63)84(71)57-37-17-6-18-38-57/h1-51H. The molecule has 5 heterocycles. The molecule has 0 N–H and O–H groups in total. The molecule has 87 heavy (non-hydrogen) atoms. The van der Waals surface area contributed by atoms with Gasteiger partial charge in [0.2, 0.25) is 13.4 Å². The minimum atomic E-state index is -0.117. The molecule has 1 aromatic heterocycles. The van der Waals surface area contributed by atoms with Gasteiger partial charge in [0.05, 0.1) is 16.7 Å². The van der Waals surface area contributed by atoms with Crippen LogP contribution in [0, 0.1) is 0 Å². The van der Waals surface area contributed by atoms with Gasteiger partial charge >= 0.3 is 0 Å². The molecule has 13 aromatic carbocycles. The molecule has 406 valence electrons. The number of rotatable bonds is 9. The molecule has 9 heteroatoms. The molecule has 0 atom stereocenters. The molecule has 0 saturated carbocycles. The second-order valence-electron chi connectivity index (χ2n) is 22.7. The highest BCUT2D eigenvalue weighted by molar-refractivity contribution is 8.01. The minimum absolute atomic E-state index is 0.117. The van der Waals surface area contributed by atoms with E-state index >= 15 is 0 Å². The number of hydrogen-bond acceptors (Lipinski definition) is 6. The molecule has 18 rings (SSSR count). The van der Waals surface area contributed by atoms with E-state index in [0.717, 1.165) is 45.5 Å². The van der Waals surface area contributed by atoms with Crippen molar-refractivity contribution in [3.05, 3.63) is 309 Å². The average Bonchev–Trinajstić information content (AvgIpc) is 1.39. The van der Waals surface area contributed by atoms with Crippen molar-refractivity contribution in [1.29, 1.82) is 0 Å². The number of para-hydroxylation sites is 10. The van der Waals surface area contributed by atoms with E-state index in [2.05, 4.69) is 334 Å². The van der Waals surface area contributed by atoms with Crippen LogP contribution in [0.4, 0.5) is 68.2 Å². The third-order valence-corrected chi connectivity index (χ3v) is 20.3. The second-order valence-corrected chi connectivity index (χ2v) is 24.8. The Bertz CT molecular complexity index is 4640. The number of hydrogen-bond donors (Lipinski definition) is 0. The molecule has 4 aliphatic heterocycles. The van der Waals surface area contributed by atoms with Crippen LogP contribution in [0.5, 0.6) is 0 Å². The minimum Gasteiger partial charge on any atom is -0.311 e. The van der Waals surface area contributed by atoms with Crippen LogP contribution in [0.2, 0.25) is 0 Å². The van der Waals surface area contributed by atoms with Crippen LogP contribution in [-0.4, -0.2) is 18.0 Å². The summed E-state index contributed by atoms with van der Waals surface area (Å²) in [4.78, 5) is 14.9. The predicted octanol–water partition coefficient (Wildman–Crippen LogP) is 17.3. The molecule has 0 aliphatic carbocycles. The van der Waals surface area contributed by atoms with Crippen LogP contribution >= 0.6 is 23.5 Å². The van der Waals surface area contributed by atoms with Crippen molar-refractivity contribution in [2.45, 2.75) is 19.6 Å². The van der Waals surface area contributed by atoms with Gasteiger partial charge in [-0.3, -0.25) is 0 Å². The van der Waals surface area contributed by atoms with Gasteiger partial charge in [0.1, 0.15) is 0 Å². The number of benzene rings is 13. The second kappa shape index (κ2) is 20.2. The fourth-order valence-corrected chi connectivity index (χ4v) is 17.2. The average molecular weight is 1140 g/mol. The molecule has 0 amide bonds. The maximum Gasteiger partial charge on any atom is 0.249 e. The summed E-state index contributed by atoms with van der Waals surface area (Å²) in [5.41, 5.74) is 25.0. The molecule has 0 saturated heterocycles. The number of fused-ring (bicyclic) bond motifs is 11. The summed E-state index contributed by atoms with van der Waals surface area (Å²) < 4.78 is 2.64. The highest BCUT2D eigenvalue weighted by Gasteiger charge is 2.48. The molecular formula is C78H51B2N5S2. The number of aromatic nitrogens is 1. The molecular weight excluding hydrogens is 1090 g/mol. The van der Waals surface area contributed by atoms with Gasteiger partial charge in [-0.05, 0) is 143 Å². The fraction of sp³-hybridized carbons (Fsp3) is 0. The number of nitrogens with zero attached hydrogens (tertiary/aromatic N) is 5. The lowest BCUT2D eigenvalue weighted by Crippen LogP contribution is -2.64. The quantitative estimate of drug-likeness (QED) is 0.133. The molecule has 0 spiro atoms.